The van der Waals surface area contributed by atoms with Crippen LogP contribution in [-0.2, 0) is 9.53 Å². The van der Waals surface area contributed by atoms with Crippen molar-refractivity contribution in [2.75, 3.05) is 26.2 Å². The molecule has 4 atom stereocenters. The first kappa shape index (κ1) is 18.7. The summed E-state index contributed by atoms with van der Waals surface area (Å²) in [6, 6.07) is 0. The van der Waals surface area contributed by atoms with Crippen molar-refractivity contribution in [2.24, 2.45) is 28.4 Å². The Morgan fingerprint density at radius 2 is 1.87 bits per heavy atom. The molecule has 4 heteroatoms. The fourth-order valence-electron chi connectivity index (χ4n) is 6.07. The highest BCUT2D eigenvalue weighted by atomic mass is 16.5. The quantitative estimate of drug-likeness (QED) is 0.731. The molecule has 0 radical (unpaired) electrons. The smallest absolute Gasteiger partial charge is 0.312 e. The van der Waals surface area contributed by atoms with Gasteiger partial charge in [0.2, 0.25) is 0 Å². The summed E-state index contributed by atoms with van der Waals surface area (Å²) in [7, 11) is 0. The van der Waals surface area contributed by atoms with Crippen molar-refractivity contribution < 1.29 is 9.53 Å². The first-order chi connectivity index (χ1) is 10.8. The van der Waals surface area contributed by atoms with Gasteiger partial charge in [0.25, 0.3) is 0 Å². The molecule has 2 rings (SSSR count). The monoisotopic (exact) mass is 324 g/mol. The maximum Gasteiger partial charge on any atom is 0.312 e. The van der Waals surface area contributed by atoms with E-state index < -0.39 is 0 Å². The van der Waals surface area contributed by atoms with E-state index in [1.165, 1.54) is 12.8 Å². The maximum absolute atomic E-state index is 12.8. The van der Waals surface area contributed by atoms with E-state index in [-0.39, 0.29) is 28.3 Å². The molecule has 0 spiro atoms. The summed E-state index contributed by atoms with van der Waals surface area (Å²) < 4.78 is 5.45. The zero-order valence-electron chi connectivity index (χ0n) is 15.9. The molecule has 134 valence electrons. The summed E-state index contributed by atoms with van der Waals surface area (Å²) >= 11 is 0. The fraction of sp³-hybridized carbons (Fsp3) is 0.947. The van der Waals surface area contributed by atoms with Crippen molar-refractivity contribution in [1.29, 1.82) is 0 Å². The summed E-state index contributed by atoms with van der Waals surface area (Å²) in [4.78, 5) is 15.3. The third-order valence-corrected chi connectivity index (χ3v) is 7.66. The highest BCUT2D eigenvalue weighted by molar-refractivity contribution is 5.75. The standard InChI is InChI=1S/C19H36N2O2/c1-7-21(8-2)19(15(13-20)16(22)23-9-3)12-14-10-11-18(19,6)17(14,4)5/h14-15H,7-13,20H2,1-6H3/t14-,15+,18-,19+/m0/s1. The predicted octanol–water partition coefficient (Wildman–Crippen LogP) is 3.05. The molecule has 2 aliphatic carbocycles. The zero-order valence-corrected chi connectivity index (χ0v) is 15.9. The van der Waals surface area contributed by atoms with Gasteiger partial charge in [0.05, 0.1) is 12.5 Å². The summed E-state index contributed by atoms with van der Waals surface area (Å²) in [5.41, 5.74) is 6.31. The van der Waals surface area contributed by atoms with Crippen LogP contribution in [0.2, 0.25) is 0 Å². The molecule has 4 nitrogen and oxygen atoms in total. The Kier molecular flexibility index (Phi) is 5.18. The third kappa shape index (κ3) is 2.28. The topological polar surface area (TPSA) is 55.6 Å². The van der Waals surface area contributed by atoms with Gasteiger partial charge < -0.3 is 10.5 Å². The van der Waals surface area contributed by atoms with Crippen molar-refractivity contribution in [3.8, 4) is 0 Å². The average Bonchev–Trinajstić information content (AvgIpc) is 2.82. The number of rotatable bonds is 7. The van der Waals surface area contributed by atoms with Crippen LogP contribution in [0.3, 0.4) is 0 Å². The molecule has 0 heterocycles. The number of ether oxygens (including phenoxy) is 1. The van der Waals surface area contributed by atoms with Gasteiger partial charge in [0, 0.05) is 12.1 Å². The molecule has 0 amide bonds. The molecule has 0 saturated heterocycles. The number of hydrogen-bond acceptors (Lipinski definition) is 4. The Labute approximate surface area is 142 Å². The van der Waals surface area contributed by atoms with E-state index in [1.807, 2.05) is 6.92 Å². The normalized spacial score (nSPS) is 36.4. The van der Waals surface area contributed by atoms with Gasteiger partial charge >= 0.3 is 5.97 Å². The minimum Gasteiger partial charge on any atom is -0.466 e. The molecule has 0 aromatic carbocycles. The number of carbonyl (C=O) groups excluding carboxylic acids is 1. The molecule has 0 aliphatic heterocycles. The second kappa shape index (κ2) is 6.36. The summed E-state index contributed by atoms with van der Waals surface area (Å²) in [5, 5.41) is 0. The number of esters is 1. The van der Waals surface area contributed by atoms with E-state index in [4.69, 9.17) is 10.5 Å². The minimum absolute atomic E-state index is 0.0908. The van der Waals surface area contributed by atoms with E-state index in [0.717, 1.165) is 19.5 Å². The van der Waals surface area contributed by atoms with Crippen molar-refractivity contribution in [2.45, 2.75) is 66.3 Å². The van der Waals surface area contributed by atoms with Crippen LogP contribution in [0.25, 0.3) is 0 Å². The fourth-order valence-corrected chi connectivity index (χ4v) is 6.07. The molecular formula is C19H36N2O2. The lowest BCUT2D eigenvalue weighted by molar-refractivity contribution is -0.162. The molecule has 0 aromatic rings. The van der Waals surface area contributed by atoms with Crippen LogP contribution in [0.15, 0.2) is 0 Å². The van der Waals surface area contributed by atoms with Crippen LogP contribution in [0.1, 0.15) is 60.8 Å². The second-order valence-electron chi connectivity index (χ2n) is 8.13. The van der Waals surface area contributed by atoms with E-state index >= 15 is 0 Å². The predicted molar refractivity (Wildman–Crippen MR) is 94.1 cm³/mol. The molecular weight excluding hydrogens is 288 g/mol. The largest absolute Gasteiger partial charge is 0.466 e. The van der Waals surface area contributed by atoms with Gasteiger partial charge in [-0.3, -0.25) is 9.69 Å². The summed E-state index contributed by atoms with van der Waals surface area (Å²) in [6.07, 6.45) is 3.52. The van der Waals surface area contributed by atoms with Gasteiger partial charge in [0.15, 0.2) is 0 Å². The number of fused-ring (bicyclic) bond motifs is 2. The van der Waals surface area contributed by atoms with E-state index in [1.54, 1.807) is 0 Å². The lowest BCUT2D eigenvalue weighted by Crippen LogP contribution is -2.66. The van der Waals surface area contributed by atoms with Gasteiger partial charge in [0.1, 0.15) is 0 Å². The number of nitrogens with zero attached hydrogens (tertiary/aromatic N) is 1. The second-order valence-corrected chi connectivity index (χ2v) is 8.13. The van der Waals surface area contributed by atoms with Crippen molar-refractivity contribution in [3.63, 3.8) is 0 Å². The zero-order chi connectivity index (χ0) is 17.5. The molecule has 2 fully saturated rings. The number of nitrogens with two attached hydrogens (primary N) is 1. The molecule has 2 N–H and O–H groups in total. The third-order valence-electron chi connectivity index (χ3n) is 7.66. The molecule has 0 unspecified atom stereocenters. The van der Waals surface area contributed by atoms with Gasteiger partial charge in [-0.25, -0.2) is 0 Å². The van der Waals surface area contributed by atoms with Gasteiger partial charge in [-0.05, 0) is 56.0 Å². The van der Waals surface area contributed by atoms with E-state index in [0.29, 0.717) is 19.1 Å². The van der Waals surface area contributed by atoms with Crippen molar-refractivity contribution >= 4 is 5.97 Å². The lowest BCUT2D eigenvalue weighted by atomic mass is 9.57. The van der Waals surface area contributed by atoms with Crippen LogP contribution in [0, 0.1) is 22.7 Å². The average molecular weight is 325 g/mol. The van der Waals surface area contributed by atoms with Crippen LogP contribution in [0.4, 0.5) is 0 Å². The first-order valence-electron chi connectivity index (χ1n) is 9.38. The Balaban J connectivity index is 2.57. The van der Waals surface area contributed by atoms with Gasteiger partial charge in [-0.2, -0.15) is 0 Å². The lowest BCUT2D eigenvalue weighted by Gasteiger charge is -2.57. The van der Waals surface area contributed by atoms with E-state index in [9.17, 15) is 4.79 Å². The summed E-state index contributed by atoms with van der Waals surface area (Å²) in [6.45, 7) is 16.2. The van der Waals surface area contributed by atoms with Gasteiger partial charge in [-0.15, -0.1) is 0 Å². The van der Waals surface area contributed by atoms with Crippen LogP contribution in [-0.4, -0.2) is 42.6 Å². The molecule has 23 heavy (non-hydrogen) atoms. The Morgan fingerprint density at radius 1 is 1.26 bits per heavy atom. The number of carbonyl (C=O) groups is 1. The molecule has 2 saturated carbocycles. The molecule has 2 bridgehead atoms. The Bertz CT molecular complexity index is 447. The number of hydrogen-bond donors (Lipinski definition) is 1. The SMILES string of the molecule is CCOC(=O)[C@@H](CN)[C@]1(N(CC)CC)C[C@@H]2CC[C@@]1(C)C2(C)C. The van der Waals surface area contributed by atoms with Gasteiger partial charge in [-0.1, -0.05) is 34.6 Å². The van der Waals surface area contributed by atoms with Crippen LogP contribution >= 0.6 is 0 Å². The maximum atomic E-state index is 12.8. The molecule has 2 aliphatic rings. The molecule has 0 aromatic heterocycles. The van der Waals surface area contributed by atoms with Crippen molar-refractivity contribution in [3.05, 3.63) is 0 Å². The van der Waals surface area contributed by atoms with Crippen LogP contribution < -0.4 is 5.73 Å². The van der Waals surface area contributed by atoms with E-state index in [2.05, 4.69) is 39.5 Å². The summed E-state index contributed by atoms with van der Waals surface area (Å²) in [5.74, 6) is 0.319. The Hall–Kier alpha value is -0.610. The minimum atomic E-state index is -0.239. The first-order valence-corrected chi connectivity index (χ1v) is 9.38. The highest BCUT2D eigenvalue weighted by Gasteiger charge is 2.72. The van der Waals surface area contributed by atoms with Crippen molar-refractivity contribution in [1.82, 2.24) is 4.90 Å². The highest BCUT2D eigenvalue weighted by Crippen LogP contribution is 2.72. The Morgan fingerprint density at radius 3 is 2.22 bits per heavy atom. The van der Waals surface area contributed by atoms with Crippen LogP contribution in [0.5, 0.6) is 0 Å².